The highest BCUT2D eigenvalue weighted by Crippen LogP contribution is 2.48. The maximum absolute atomic E-state index is 13.0. The number of aliphatic imine (C=N–C) groups is 1. The summed E-state index contributed by atoms with van der Waals surface area (Å²) in [5, 5.41) is 7.00. The Labute approximate surface area is 191 Å². The van der Waals surface area contributed by atoms with Crippen molar-refractivity contribution < 1.29 is 14.3 Å². The van der Waals surface area contributed by atoms with Gasteiger partial charge in [0.15, 0.2) is 0 Å². The first-order valence-corrected chi connectivity index (χ1v) is 11.3. The molecule has 1 saturated heterocycles. The fourth-order valence-electron chi connectivity index (χ4n) is 3.66. The lowest BCUT2D eigenvalue weighted by molar-refractivity contribution is -0.113. The number of nitrogens with one attached hydrogen (secondary N) is 2. The van der Waals surface area contributed by atoms with E-state index in [1.54, 1.807) is 31.5 Å². The summed E-state index contributed by atoms with van der Waals surface area (Å²) in [6.07, 6.45) is 3.51. The van der Waals surface area contributed by atoms with E-state index < -0.39 is 0 Å². The monoisotopic (exact) mass is 453 g/mol. The van der Waals surface area contributed by atoms with Crippen LogP contribution in [-0.4, -0.2) is 68.4 Å². The van der Waals surface area contributed by atoms with Crippen molar-refractivity contribution in [2.45, 2.75) is 12.8 Å². The number of carbonyl (C=O) groups excluding carboxylic acids is 2. The van der Waals surface area contributed by atoms with Gasteiger partial charge in [0.05, 0.1) is 30.2 Å². The molecule has 1 aromatic carbocycles. The minimum atomic E-state index is -0.230. The summed E-state index contributed by atoms with van der Waals surface area (Å²) in [4.78, 5) is 34.8. The van der Waals surface area contributed by atoms with Crippen LogP contribution in [-0.2, 0) is 9.53 Å². The molecule has 2 aliphatic heterocycles. The maximum Gasteiger partial charge on any atom is 0.265 e. The summed E-state index contributed by atoms with van der Waals surface area (Å²) in [5.41, 5.74) is 2.81. The molecule has 2 aromatic rings. The van der Waals surface area contributed by atoms with E-state index in [2.05, 4.69) is 15.5 Å². The smallest absolute Gasteiger partial charge is 0.265 e. The lowest BCUT2D eigenvalue weighted by Gasteiger charge is -2.25. The average molecular weight is 454 g/mol. The van der Waals surface area contributed by atoms with Gasteiger partial charge < -0.3 is 25.2 Å². The van der Waals surface area contributed by atoms with Crippen molar-refractivity contribution in [3.8, 4) is 0 Å². The molecule has 0 radical (unpaired) electrons. The van der Waals surface area contributed by atoms with Gasteiger partial charge >= 0.3 is 0 Å². The van der Waals surface area contributed by atoms with Crippen LogP contribution in [0.15, 0.2) is 47.1 Å². The molecule has 4 rings (SSSR count). The number of amides is 2. The van der Waals surface area contributed by atoms with E-state index in [0.29, 0.717) is 29.4 Å². The third kappa shape index (κ3) is 4.53. The second-order valence-electron chi connectivity index (χ2n) is 7.90. The second kappa shape index (κ2) is 9.54. The number of thiophene rings is 1. The first-order chi connectivity index (χ1) is 15.5. The number of fused-ring (bicyclic) bond motifs is 1. The van der Waals surface area contributed by atoms with Crippen LogP contribution < -0.4 is 10.6 Å². The molecule has 0 aliphatic carbocycles. The molecule has 0 spiro atoms. The fraction of sp³-hybridized carbons (Fsp3) is 0.348. The van der Waals surface area contributed by atoms with Gasteiger partial charge in [0.1, 0.15) is 4.88 Å². The Morgan fingerprint density at radius 2 is 1.97 bits per heavy atom. The number of nitrogens with zero attached hydrogens (tertiary/aromatic N) is 3. The quantitative estimate of drug-likeness (QED) is 0.535. The van der Waals surface area contributed by atoms with Crippen molar-refractivity contribution in [1.82, 2.24) is 9.80 Å². The fourth-order valence-corrected chi connectivity index (χ4v) is 4.90. The van der Waals surface area contributed by atoms with Crippen LogP contribution in [0, 0.1) is 0 Å². The molecule has 2 amide bonds. The molecule has 32 heavy (non-hydrogen) atoms. The van der Waals surface area contributed by atoms with Gasteiger partial charge in [-0.1, -0.05) is 25.1 Å². The molecule has 1 fully saturated rings. The Morgan fingerprint density at radius 1 is 1.25 bits per heavy atom. The largest absolute Gasteiger partial charge is 0.378 e. The van der Waals surface area contributed by atoms with Gasteiger partial charge in [-0.05, 0) is 12.1 Å². The molecular formula is C23H27N5O3S. The van der Waals surface area contributed by atoms with E-state index in [0.717, 1.165) is 29.3 Å². The standard InChI is InChI=1S/C23H27N5O3S/c1-15-17(21(29)26-16-7-5-4-6-8-16)13-24-22-18(15)19(20(32-22)23(30)27(2)3)25-14-28-9-11-31-12-10-28/h4-8,13-15,24H,9-12H2,1-3H3,(H,26,29). The SMILES string of the molecule is CC1C(C(=O)Nc2ccccc2)=CNc2sc(C(=O)N(C)C)c(N=CN3CCOCC3)c21. The molecule has 3 heterocycles. The average Bonchev–Trinajstić information content (AvgIpc) is 3.18. The third-order valence-corrected chi connectivity index (χ3v) is 6.58. The summed E-state index contributed by atoms with van der Waals surface area (Å²) in [7, 11) is 3.45. The second-order valence-corrected chi connectivity index (χ2v) is 8.92. The number of morpholine rings is 1. The number of para-hydroxylation sites is 1. The molecule has 9 heteroatoms. The molecule has 1 unspecified atom stereocenters. The van der Waals surface area contributed by atoms with Gasteiger partial charge in [-0.25, -0.2) is 4.99 Å². The maximum atomic E-state index is 13.0. The molecule has 0 bridgehead atoms. The van der Waals surface area contributed by atoms with Crippen molar-refractivity contribution in [2.75, 3.05) is 51.0 Å². The van der Waals surface area contributed by atoms with Crippen LogP contribution in [0.25, 0.3) is 0 Å². The zero-order chi connectivity index (χ0) is 22.7. The van der Waals surface area contributed by atoms with Gasteiger partial charge in [0.25, 0.3) is 11.8 Å². The zero-order valence-corrected chi connectivity index (χ0v) is 19.2. The summed E-state index contributed by atoms with van der Waals surface area (Å²) in [5.74, 6) is -0.522. The molecular weight excluding hydrogens is 426 g/mol. The number of benzene rings is 1. The predicted molar refractivity (Wildman–Crippen MR) is 128 cm³/mol. The van der Waals surface area contributed by atoms with Crippen LogP contribution in [0.1, 0.15) is 28.1 Å². The van der Waals surface area contributed by atoms with Gasteiger partial charge in [-0.2, -0.15) is 0 Å². The summed E-state index contributed by atoms with van der Waals surface area (Å²) in [6.45, 7) is 4.79. The highest BCUT2D eigenvalue weighted by molar-refractivity contribution is 7.18. The van der Waals surface area contributed by atoms with Crippen LogP contribution in [0.2, 0.25) is 0 Å². The first-order valence-electron chi connectivity index (χ1n) is 10.5. The van der Waals surface area contributed by atoms with E-state index in [-0.39, 0.29) is 17.7 Å². The van der Waals surface area contributed by atoms with Crippen LogP contribution in [0.5, 0.6) is 0 Å². The molecule has 2 aliphatic rings. The molecule has 168 valence electrons. The summed E-state index contributed by atoms with van der Waals surface area (Å²) >= 11 is 1.37. The normalized spacial score (nSPS) is 18.0. The Balaban J connectivity index is 1.66. The third-order valence-electron chi connectivity index (χ3n) is 5.47. The van der Waals surface area contributed by atoms with Gasteiger partial charge in [0, 0.05) is 56.1 Å². The Morgan fingerprint density at radius 3 is 2.66 bits per heavy atom. The molecule has 2 N–H and O–H groups in total. The van der Waals surface area contributed by atoms with Crippen LogP contribution in [0.3, 0.4) is 0 Å². The number of carbonyl (C=O) groups is 2. The van der Waals surface area contributed by atoms with Gasteiger partial charge in [0.2, 0.25) is 0 Å². The lowest BCUT2D eigenvalue weighted by Crippen LogP contribution is -2.35. The Kier molecular flexibility index (Phi) is 6.57. The zero-order valence-electron chi connectivity index (χ0n) is 18.4. The minimum absolute atomic E-state index is 0.109. The molecule has 1 aromatic heterocycles. The lowest BCUT2D eigenvalue weighted by atomic mass is 9.90. The van der Waals surface area contributed by atoms with Crippen LogP contribution >= 0.6 is 11.3 Å². The van der Waals surface area contributed by atoms with E-state index in [4.69, 9.17) is 9.73 Å². The van der Waals surface area contributed by atoms with E-state index in [1.165, 1.54) is 11.3 Å². The number of rotatable bonds is 5. The number of hydrogen-bond donors (Lipinski definition) is 2. The van der Waals surface area contributed by atoms with Crippen molar-refractivity contribution in [1.29, 1.82) is 0 Å². The molecule has 8 nitrogen and oxygen atoms in total. The highest BCUT2D eigenvalue weighted by atomic mass is 32.1. The van der Waals surface area contributed by atoms with Crippen molar-refractivity contribution in [3.05, 3.63) is 52.5 Å². The van der Waals surface area contributed by atoms with Crippen molar-refractivity contribution >= 4 is 45.9 Å². The molecule has 1 atom stereocenters. The number of hydrogen-bond acceptors (Lipinski definition) is 6. The van der Waals surface area contributed by atoms with E-state index >= 15 is 0 Å². The number of ether oxygens (including phenoxy) is 1. The van der Waals surface area contributed by atoms with Crippen molar-refractivity contribution in [3.63, 3.8) is 0 Å². The summed E-state index contributed by atoms with van der Waals surface area (Å²) in [6, 6.07) is 9.35. The minimum Gasteiger partial charge on any atom is -0.378 e. The van der Waals surface area contributed by atoms with Gasteiger partial charge in [-0.15, -0.1) is 11.3 Å². The molecule has 0 saturated carbocycles. The Bertz CT molecular complexity index is 1060. The number of anilines is 2. The predicted octanol–water partition coefficient (Wildman–Crippen LogP) is 3.49. The first kappa shape index (κ1) is 22.0. The summed E-state index contributed by atoms with van der Waals surface area (Å²) < 4.78 is 5.40. The van der Waals surface area contributed by atoms with Crippen LogP contribution in [0.4, 0.5) is 16.4 Å². The van der Waals surface area contributed by atoms with E-state index in [1.807, 2.05) is 37.3 Å². The van der Waals surface area contributed by atoms with Gasteiger partial charge in [-0.3, -0.25) is 9.59 Å². The van der Waals surface area contributed by atoms with Crippen molar-refractivity contribution in [2.24, 2.45) is 4.99 Å². The highest BCUT2D eigenvalue weighted by Gasteiger charge is 2.33. The Hall–Kier alpha value is -3.17. The van der Waals surface area contributed by atoms with E-state index in [9.17, 15) is 9.59 Å². The topological polar surface area (TPSA) is 86.3 Å².